The molecule has 0 atom stereocenters. The highest BCUT2D eigenvalue weighted by Gasteiger charge is 2.16. The Labute approximate surface area is 155 Å². The highest BCUT2D eigenvalue weighted by Crippen LogP contribution is 2.08. The standard InChI is InChI=1S/C20H27N5O/c1-23-16-19(15-22-23)7-8-20(26)21-9-10-24-11-13-25(14-12-24)17-18-5-3-2-4-6-18/h2-8,15-16H,9-14,17H2,1H3,(H,21,26)/b8-7+. The number of aryl methyl sites for hydroxylation is 1. The van der Waals surface area contributed by atoms with Crippen molar-refractivity contribution < 1.29 is 4.79 Å². The number of benzene rings is 1. The molecule has 0 unspecified atom stereocenters. The SMILES string of the molecule is Cn1cc(/C=C/C(=O)NCCN2CCN(Cc3ccccc3)CC2)cn1. The van der Waals surface area contributed by atoms with Crippen LogP contribution in [0.2, 0.25) is 0 Å². The molecule has 1 aromatic carbocycles. The van der Waals surface area contributed by atoms with Crippen LogP contribution in [-0.2, 0) is 18.4 Å². The summed E-state index contributed by atoms with van der Waals surface area (Å²) in [6, 6.07) is 10.6. The van der Waals surface area contributed by atoms with Crippen LogP contribution in [0.3, 0.4) is 0 Å². The van der Waals surface area contributed by atoms with Crippen LogP contribution in [0.1, 0.15) is 11.1 Å². The van der Waals surface area contributed by atoms with E-state index in [1.165, 1.54) is 5.56 Å². The van der Waals surface area contributed by atoms with E-state index in [1.54, 1.807) is 23.0 Å². The lowest BCUT2D eigenvalue weighted by molar-refractivity contribution is -0.116. The number of amides is 1. The van der Waals surface area contributed by atoms with Crippen molar-refractivity contribution in [3.8, 4) is 0 Å². The number of hydrogen-bond acceptors (Lipinski definition) is 4. The molecule has 1 N–H and O–H groups in total. The molecule has 1 aromatic heterocycles. The molecule has 6 heteroatoms. The van der Waals surface area contributed by atoms with Gasteiger partial charge in [-0.05, 0) is 11.6 Å². The lowest BCUT2D eigenvalue weighted by Gasteiger charge is -2.34. The normalized spacial score (nSPS) is 16.2. The molecular formula is C20H27N5O. The molecule has 1 saturated heterocycles. The second-order valence-corrected chi connectivity index (χ2v) is 6.68. The van der Waals surface area contributed by atoms with Gasteiger partial charge in [-0.3, -0.25) is 19.3 Å². The van der Waals surface area contributed by atoms with Gasteiger partial charge in [0, 0.05) is 70.7 Å². The molecule has 0 saturated carbocycles. The van der Waals surface area contributed by atoms with Crippen molar-refractivity contribution in [1.29, 1.82) is 0 Å². The van der Waals surface area contributed by atoms with Crippen LogP contribution in [0, 0.1) is 0 Å². The molecule has 1 fully saturated rings. The molecule has 0 bridgehead atoms. The van der Waals surface area contributed by atoms with Crippen molar-refractivity contribution in [2.75, 3.05) is 39.3 Å². The third-order valence-electron chi connectivity index (χ3n) is 4.59. The Morgan fingerprint density at radius 3 is 2.58 bits per heavy atom. The van der Waals surface area contributed by atoms with E-state index >= 15 is 0 Å². The van der Waals surface area contributed by atoms with Gasteiger partial charge in [-0.25, -0.2) is 0 Å². The van der Waals surface area contributed by atoms with E-state index in [0.717, 1.165) is 44.8 Å². The van der Waals surface area contributed by atoms with Gasteiger partial charge in [0.15, 0.2) is 0 Å². The average Bonchev–Trinajstić information content (AvgIpc) is 3.08. The summed E-state index contributed by atoms with van der Waals surface area (Å²) in [7, 11) is 1.86. The molecule has 138 valence electrons. The first kappa shape index (κ1) is 18.4. The Bertz CT molecular complexity index is 717. The zero-order valence-electron chi connectivity index (χ0n) is 15.3. The number of rotatable bonds is 7. The number of nitrogens with zero attached hydrogens (tertiary/aromatic N) is 4. The number of hydrogen-bond donors (Lipinski definition) is 1. The van der Waals surface area contributed by atoms with E-state index in [4.69, 9.17) is 0 Å². The van der Waals surface area contributed by atoms with Crippen molar-refractivity contribution in [1.82, 2.24) is 24.9 Å². The Morgan fingerprint density at radius 1 is 1.15 bits per heavy atom. The summed E-state index contributed by atoms with van der Waals surface area (Å²) in [4.78, 5) is 16.8. The van der Waals surface area contributed by atoms with Gasteiger partial charge in [-0.15, -0.1) is 0 Å². The first-order valence-electron chi connectivity index (χ1n) is 9.12. The van der Waals surface area contributed by atoms with Gasteiger partial charge in [0.1, 0.15) is 0 Å². The summed E-state index contributed by atoms with van der Waals surface area (Å²) in [5.41, 5.74) is 2.30. The number of piperazine rings is 1. The molecule has 26 heavy (non-hydrogen) atoms. The average molecular weight is 353 g/mol. The molecule has 1 aliphatic heterocycles. The third kappa shape index (κ3) is 5.82. The maximum atomic E-state index is 11.9. The predicted molar refractivity (Wildman–Crippen MR) is 103 cm³/mol. The Kier molecular flexibility index (Phi) is 6.57. The van der Waals surface area contributed by atoms with Crippen molar-refractivity contribution in [2.45, 2.75) is 6.54 Å². The first-order valence-corrected chi connectivity index (χ1v) is 9.12. The minimum absolute atomic E-state index is 0.0587. The van der Waals surface area contributed by atoms with Crippen LogP contribution in [-0.4, -0.2) is 64.8 Å². The lowest BCUT2D eigenvalue weighted by atomic mass is 10.2. The Balaban J connectivity index is 1.31. The lowest BCUT2D eigenvalue weighted by Crippen LogP contribution is -2.47. The van der Waals surface area contributed by atoms with Crippen LogP contribution in [0.4, 0.5) is 0 Å². The van der Waals surface area contributed by atoms with Gasteiger partial charge in [0.2, 0.25) is 5.91 Å². The van der Waals surface area contributed by atoms with E-state index in [1.807, 2.05) is 13.2 Å². The van der Waals surface area contributed by atoms with E-state index < -0.39 is 0 Å². The third-order valence-corrected chi connectivity index (χ3v) is 4.59. The number of carbonyl (C=O) groups is 1. The molecule has 2 heterocycles. The summed E-state index contributed by atoms with van der Waals surface area (Å²) in [6.07, 6.45) is 6.96. The zero-order valence-corrected chi connectivity index (χ0v) is 15.3. The first-order chi connectivity index (χ1) is 12.7. The fourth-order valence-corrected chi connectivity index (χ4v) is 3.11. The molecule has 0 aliphatic carbocycles. The monoisotopic (exact) mass is 353 g/mol. The van der Waals surface area contributed by atoms with Gasteiger partial charge in [0.05, 0.1) is 6.20 Å². The fraction of sp³-hybridized carbons (Fsp3) is 0.400. The summed E-state index contributed by atoms with van der Waals surface area (Å²) < 4.78 is 1.72. The molecule has 3 rings (SSSR count). The minimum atomic E-state index is -0.0587. The van der Waals surface area contributed by atoms with Crippen LogP contribution in [0.5, 0.6) is 0 Å². The topological polar surface area (TPSA) is 53.4 Å². The van der Waals surface area contributed by atoms with Gasteiger partial charge < -0.3 is 5.32 Å². The predicted octanol–water partition coefficient (Wildman–Crippen LogP) is 1.37. The van der Waals surface area contributed by atoms with Crippen LogP contribution in [0.25, 0.3) is 6.08 Å². The van der Waals surface area contributed by atoms with Gasteiger partial charge in [0.25, 0.3) is 0 Å². The molecule has 2 aromatic rings. The van der Waals surface area contributed by atoms with Crippen LogP contribution < -0.4 is 5.32 Å². The van der Waals surface area contributed by atoms with Crippen molar-refractivity contribution in [3.05, 3.63) is 59.9 Å². The highest BCUT2D eigenvalue weighted by molar-refractivity contribution is 5.91. The molecule has 0 spiro atoms. The van der Waals surface area contributed by atoms with Crippen LogP contribution in [0.15, 0.2) is 48.8 Å². The molecule has 1 amide bonds. The van der Waals surface area contributed by atoms with Crippen molar-refractivity contribution in [3.63, 3.8) is 0 Å². The largest absolute Gasteiger partial charge is 0.351 e. The van der Waals surface area contributed by atoms with Gasteiger partial charge >= 0.3 is 0 Å². The number of nitrogens with one attached hydrogen (secondary N) is 1. The second-order valence-electron chi connectivity index (χ2n) is 6.68. The smallest absolute Gasteiger partial charge is 0.244 e. The maximum Gasteiger partial charge on any atom is 0.244 e. The highest BCUT2D eigenvalue weighted by atomic mass is 16.1. The second kappa shape index (κ2) is 9.31. The van der Waals surface area contributed by atoms with E-state index in [2.05, 4.69) is 50.5 Å². The number of carbonyl (C=O) groups excluding carboxylic acids is 1. The Morgan fingerprint density at radius 2 is 1.88 bits per heavy atom. The summed E-state index contributed by atoms with van der Waals surface area (Å²) in [6.45, 7) is 6.83. The molecule has 1 aliphatic rings. The van der Waals surface area contributed by atoms with E-state index in [-0.39, 0.29) is 5.91 Å². The summed E-state index contributed by atoms with van der Waals surface area (Å²) in [5, 5.41) is 7.02. The summed E-state index contributed by atoms with van der Waals surface area (Å²) in [5.74, 6) is -0.0587. The zero-order chi connectivity index (χ0) is 18.2. The van der Waals surface area contributed by atoms with E-state index in [9.17, 15) is 4.79 Å². The molecule has 0 radical (unpaired) electrons. The number of aromatic nitrogens is 2. The fourth-order valence-electron chi connectivity index (χ4n) is 3.11. The quantitative estimate of drug-likeness (QED) is 0.764. The Hall–Kier alpha value is -2.44. The van der Waals surface area contributed by atoms with Gasteiger partial charge in [-0.1, -0.05) is 30.3 Å². The maximum absolute atomic E-state index is 11.9. The van der Waals surface area contributed by atoms with Crippen molar-refractivity contribution >= 4 is 12.0 Å². The van der Waals surface area contributed by atoms with Crippen molar-refractivity contribution in [2.24, 2.45) is 7.05 Å². The summed E-state index contributed by atoms with van der Waals surface area (Å²) >= 11 is 0. The minimum Gasteiger partial charge on any atom is -0.351 e. The molecule has 6 nitrogen and oxygen atoms in total. The van der Waals surface area contributed by atoms with Gasteiger partial charge in [-0.2, -0.15) is 5.10 Å². The molecular weight excluding hydrogens is 326 g/mol. The van der Waals surface area contributed by atoms with Crippen LogP contribution >= 0.6 is 0 Å². The van der Waals surface area contributed by atoms with E-state index in [0.29, 0.717) is 6.54 Å².